The van der Waals surface area contributed by atoms with Crippen molar-refractivity contribution in [1.29, 1.82) is 0 Å². The highest BCUT2D eigenvalue weighted by molar-refractivity contribution is 8.01. The number of alkyl halides is 3. The number of rotatable bonds is 6. The monoisotopic (exact) mass is 494 g/mol. The highest BCUT2D eigenvalue weighted by atomic mass is 32.2. The fraction of sp³-hybridized carbons (Fsp3) is 0.273. The lowest BCUT2D eigenvalue weighted by Crippen LogP contribution is -2.14. The van der Waals surface area contributed by atoms with Gasteiger partial charge in [-0.15, -0.1) is 10.2 Å². The molecule has 33 heavy (non-hydrogen) atoms. The Morgan fingerprint density at radius 3 is 2.09 bits per heavy atom. The van der Waals surface area contributed by atoms with Crippen molar-refractivity contribution >= 4 is 45.7 Å². The van der Waals surface area contributed by atoms with Crippen molar-refractivity contribution in [2.24, 2.45) is 0 Å². The summed E-state index contributed by atoms with van der Waals surface area (Å²) in [6.45, 7) is 6.27. The molecule has 11 heteroatoms. The average molecular weight is 495 g/mol. The number of nitrogens with zero attached hydrogens (tertiary/aromatic N) is 2. The second-order valence-corrected chi connectivity index (χ2v) is 10.3. The Morgan fingerprint density at radius 1 is 0.909 bits per heavy atom. The lowest BCUT2D eigenvalue weighted by atomic mass is 9.87. The van der Waals surface area contributed by atoms with Gasteiger partial charge in [-0.05, 0) is 47.4 Å². The molecule has 0 atom stereocenters. The maximum absolute atomic E-state index is 12.6. The van der Waals surface area contributed by atoms with E-state index in [1.165, 1.54) is 12.1 Å². The first-order chi connectivity index (χ1) is 15.4. The van der Waals surface area contributed by atoms with Gasteiger partial charge in [0.05, 0.1) is 11.3 Å². The third-order valence-electron chi connectivity index (χ3n) is 4.46. The fourth-order valence-corrected chi connectivity index (χ4v) is 4.22. The Kier molecular flexibility index (Phi) is 7.43. The summed E-state index contributed by atoms with van der Waals surface area (Å²) >= 11 is 2.23. The van der Waals surface area contributed by atoms with Gasteiger partial charge in [-0.25, -0.2) is 0 Å². The van der Waals surface area contributed by atoms with E-state index in [0.29, 0.717) is 15.0 Å². The highest BCUT2D eigenvalue weighted by Crippen LogP contribution is 2.30. The molecular weight excluding hydrogens is 473 g/mol. The van der Waals surface area contributed by atoms with Crippen molar-refractivity contribution in [3.05, 3.63) is 65.2 Å². The summed E-state index contributed by atoms with van der Waals surface area (Å²) in [5.74, 6) is -0.736. The van der Waals surface area contributed by atoms with Crippen LogP contribution in [0.2, 0.25) is 0 Å². The van der Waals surface area contributed by atoms with Gasteiger partial charge >= 0.3 is 6.18 Å². The SMILES string of the molecule is CC(C)(C)c1ccc(C(=O)Nc2nnc(SCC(=O)Nc3ccc(C(F)(F)F)cc3)s2)cc1. The van der Waals surface area contributed by atoms with E-state index in [1.807, 2.05) is 12.1 Å². The average Bonchev–Trinajstić information content (AvgIpc) is 3.19. The van der Waals surface area contributed by atoms with Gasteiger partial charge in [0.15, 0.2) is 4.34 Å². The zero-order chi connectivity index (χ0) is 24.2. The maximum Gasteiger partial charge on any atom is 0.416 e. The second kappa shape index (κ2) is 9.92. The van der Waals surface area contributed by atoms with Crippen LogP contribution in [0.5, 0.6) is 0 Å². The number of amides is 2. The van der Waals surface area contributed by atoms with Crippen molar-refractivity contribution in [2.45, 2.75) is 36.7 Å². The number of hydrogen-bond donors (Lipinski definition) is 2. The molecule has 0 unspecified atom stereocenters. The smallest absolute Gasteiger partial charge is 0.325 e. The van der Waals surface area contributed by atoms with Crippen molar-refractivity contribution in [3.63, 3.8) is 0 Å². The van der Waals surface area contributed by atoms with Gasteiger partial charge in [-0.3, -0.25) is 14.9 Å². The molecule has 0 aliphatic carbocycles. The number of thioether (sulfide) groups is 1. The molecular formula is C22H21F3N4O2S2. The third kappa shape index (κ3) is 7.03. The molecule has 0 aliphatic rings. The Morgan fingerprint density at radius 2 is 1.52 bits per heavy atom. The first-order valence-corrected chi connectivity index (χ1v) is 11.6. The number of halogens is 3. The van der Waals surface area contributed by atoms with E-state index in [9.17, 15) is 22.8 Å². The molecule has 0 saturated carbocycles. The largest absolute Gasteiger partial charge is 0.416 e. The molecule has 174 valence electrons. The summed E-state index contributed by atoms with van der Waals surface area (Å²) in [7, 11) is 0. The number of hydrogen-bond acceptors (Lipinski definition) is 6. The van der Waals surface area contributed by atoms with Crippen molar-refractivity contribution in [1.82, 2.24) is 10.2 Å². The molecule has 6 nitrogen and oxygen atoms in total. The molecule has 0 fully saturated rings. The van der Waals surface area contributed by atoms with Crippen LogP contribution in [0.1, 0.15) is 42.3 Å². The van der Waals surface area contributed by atoms with E-state index in [-0.39, 0.29) is 22.8 Å². The number of carbonyl (C=O) groups is 2. The lowest BCUT2D eigenvalue weighted by molar-refractivity contribution is -0.137. The molecule has 0 spiro atoms. The zero-order valence-electron chi connectivity index (χ0n) is 18.0. The predicted octanol–water partition coefficient (Wildman–Crippen LogP) is 5.84. The molecule has 2 aromatic carbocycles. The van der Waals surface area contributed by atoms with Crippen LogP contribution in [-0.2, 0) is 16.4 Å². The quantitative estimate of drug-likeness (QED) is 0.332. The van der Waals surface area contributed by atoms with Crippen LogP contribution >= 0.6 is 23.1 Å². The van der Waals surface area contributed by atoms with Gasteiger partial charge in [0.2, 0.25) is 11.0 Å². The Labute approximate surface area is 197 Å². The van der Waals surface area contributed by atoms with Crippen LogP contribution in [-0.4, -0.2) is 27.8 Å². The van der Waals surface area contributed by atoms with Crippen molar-refractivity contribution < 1.29 is 22.8 Å². The van der Waals surface area contributed by atoms with Crippen LogP contribution in [0, 0.1) is 0 Å². The molecule has 1 aromatic heterocycles. The molecule has 3 aromatic rings. The Bertz CT molecular complexity index is 1120. The van der Waals surface area contributed by atoms with Gasteiger partial charge in [0.25, 0.3) is 5.91 Å². The van der Waals surface area contributed by atoms with Crippen LogP contribution in [0.15, 0.2) is 52.9 Å². The van der Waals surface area contributed by atoms with Crippen LogP contribution in [0.4, 0.5) is 24.0 Å². The summed E-state index contributed by atoms with van der Waals surface area (Å²) in [6, 6.07) is 11.5. The molecule has 2 N–H and O–H groups in total. The summed E-state index contributed by atoms with van der Waals surface area (Å²) in [5, 5.41) is 13.4. The summed E-state index contributed by atoms with van der Waals surface area (Å²) in [6.07, 6.45) is -4.43. The lowest BCUT2D eigenvalue weighted by Gasteiger charge is -2.18. The van der Waals surface area contributed by atoms with Gasteiger partial charge < -0.3 is 5.32 Å². The number of aromatic nitrogens is 2. The van der Waals surface area contributed by atoms with Crippen molar-refractivity contribution in [3.8, 4) is 0 Å². The number of benzene rings is 2. The topological polar surface area (TPSA) is 84.0 Å². The molecule has 1 heterocycles. The fourth-order valence-electron chi connectivity index (χ4n) is 2.68. The highest BCUT2D eigenvalue weighted by Gasteiger charge is 2.30. The molecule has 3 rings (SSSR count). The molecule has 0 radical (unpaired) electrons. The zero-order valence-corrected chi connectivity index (χ0v) is 19.6. The second-order valence-electron chi connectivity index (χ2n) is 8.07. The minimum atomic E-state index is -4.43. The van der Waals surface area contributed by atoms with E-state index < -0.39 is 17.6 Å². The first kappa shape index (κ1) is 24.7. The minimum Gasteiger partial charge on any atom is -0.325 e. The normalized spacial score (nSPS) is 11.8. The van der Waals surface area contributed by atoms with E-state index in [2.05, 4.69) is 41.6 Å². The van der Waals surface area contributed by atoms with Gasteiger partial charge in [-0.1, -0.05) is 56.0 Å². The molecule has 2 amide bonds. The number of carbonyl (C=O) groups excluding carboxylic acids is 2. The number of nitrogens with one attached hydrogen (secondary N) is 2. The van der Waals surface area contributed by atoms with E-state index >= 15 is 0 Å². The Hall–Kier alpha value is -2.92. The van der Waals surface area contributed by atoms with Crippen LogP contribution in [0.25, 0.3) is 0 Å². The van der Waals surface area contributed by atoms with Gasteiger partial charge in [0, 0.05) is 11.3 Å². The van der Waals surface area contributed by atoms with Gasteiger partial charge in [-0.2, -0.15) is 13.2 Å². The molecule has 0 bridgehead atoms. The van der Waals surface area contributed by atoms with Gasteiger partial charge in [0.1, 0.15) is 0 Å². The van der Waals surface area contributed by atoms with Crippen molar-refractivity contribution in [2.75, 3.05) is 16.4 Å². The molecule has 0 saturated heterocycles. The predicted molar refractivity (Wildman–Crippen MR) is 124 cm³/mol. The third-order valence-corrected chi connectivity index (χ3v) is 6.43. The minimum absolute atomic E-state index is 0.0147. The standard InChI is InChI=1S/C22H21F3N4O2S2/c1-21(2,3)14-6-4-13(5-7-14)18(31)27-19-28-29-20(33-19)32-12-17(30)26-16-10-8-15(9-11-16)22(23,24)25/h4-11H,12H2,1-3H3,(H,26,30)(H,27,28,31). The van der Waals surface area contributed by atoms with E-state index in [1.54, 1.807) is 12.1 Å². The first-order valence-electron chi connectivity index (χ1n) is 9.77. The van der Waals surface area contributed by atoms with Crippen LogP contribution in [0.3, 0.4) is 0 Å². The van der Waals surface area contributed by atoms with E-state index in [4.69, 9.17) is 0 Å². The maximum atomic E-state index is 12.6. The number of anilines is 2. The van der Waals surface area contributed by atoms with Crippen LogP contribution < -0.4 is 10.6 Å². The molecule has 0 aliphatic heterocycles. The summed E-state index contributed by atoms with van der Waals surface area (Å²) in [5.41, 5.74) is 1.06. The summed E-state index contributed by atoms with van der Waals surface area (Å²) < 4.78 is 38.3. The Balaban J connectivity index is 1.50. The van der Waals surface area contributed by atoms with E-state index in [0.717, 1.165) is 40.8 Å². The summed E-state index contributed by atoms with van der Waals surface area (Å²) in [4.78, 5) is 24.5.